The fourth-order valence-electron chi connectivity index (χ4n) is 1.89. The molecule has 0 aliphatic heterocycles. The molecule has 0 aromatic carbocycles. The van der Waals surface area contributed by atoms with Crippen LogP contribution >= 0.6 is 0 Å². The smallest absolute Gasteiger partial charge is 0.333 e. The molecule has 1 unspecified atom stereocenters. The molecule has 16 heavy (non-hydrogen) atoms. The Labute approximate surface area is 92.6 Å². The summed E-state index contributed by atoms with van der Waals surface area (Å²) in [4.78, 5) is 10.8. The van der Waals surface area contributed by atoms with E-state index in [9.17, 15) is 9.90 Å². The van der Waals surface area contributed by atoms with Gasteiger partial charge in [0.2, 0.25) is 0 Å². The number of rotatable bonds is 5. The lowest BCUT2D eigenvalue weighted by molar-refractivity contribution is -0.148. The Balaban J connectivity index is 2.19. The van der Waals surface area contributed by atoms with E-state index in [2.05, 4.69) is 0 Å². The average Bonchev–Trinajstić information content (AvgIpc) is 2.93. The largest absolute Gasteiger partial charge is 0.479 e. The van der Waals surface area contributed by atoms with Crippen molar-refractivity contribution < 1.29 is 24.2 Å². The molecule has 1 fully saturated rings. The summed E-state index contributed by atoms with van der Waals surface area (Å²) in [5, 5.41) is 18.4. The highest BCUT2D eigenvalue weighted by Crippen LogP contribution is 2.51. The fraction of sp³-hybridized carbons (Fsp3) is 0.545. The van der Waals surface area contributed by atoms with Crippen molar-refractivity contribution in [3.8, 4) is 0 Å². The molecule has 1 aliphatic carbocycles. The van der Waals surface area contributed by atoms with Crippen molar-refractivity contribution >= 4 is 5.97 Å². The topological polar surface area (TPSA) is 79.9 Å². The van der Waals surface area contributed by atoms with Gasteiger partial charge in [-0.05, 0) is 25.0 Å². The zero-order valence-corrected chi connectivity index (χ0v) is 8.97. The Kier molecular flexibility index (Phi) is 2.73. The van der Waals surface area contributed by atoms with E-state index in [1.807, 2.05) is 0 Å². The van der Waals surface area contributed by atoms with E-state index in [4.69, 9.17) is 14.3 Å². The first-order valence-electron chi connectivity index (χ1n) is 5.09. The fourth-order valence-corrected chi connectivity index (χ4v) is 1.89. The second-order valence-electron chi connectivity index (χ2n) is 4.10. The van der Waals surface area contributed by atoms with Gasteiger partial charge in [-0.1, -0.05) is 0 Å². The molecule has 0 saturated heterocycles. The van der Waals surface area contributed by atoms with Crippen LogP contribution in [-0.4, -0.2) is 29.4 Å². The first-order chi connectivity index (χ1) is 7.60. The van der Waals surface area contributed by atoms with Crippen LogP contribution in [0.4, 0.5) is 0 Å². The Bertz CT molecular complexity index is 391. The summed E-state index contributed by atoms with van der Waals surface area (Å²) in [6.45, 7) is 0.346. The molecule has 0 amide bonds. The highest BCUT2D eigenvalue weighted by atomic mass is 16.5. The summed E-state index contributed by atoms with van der Waals surface area (Å²) in [7, 11) is 1.56. The van der Waals surface area contributed by atoms with Crippen molar-refractivity contribution in [3.63, 3.8) is 0 Å². The molecule has 1 aromatic heterocycles. The molecule has 0 bridgehead atoms. The zero-order valence-electron chi connectivity index (χ0n) is 8.97. The van der Waals surface area contributed by atoms with E-state index in [1.165, 1.54) is 0 Å². The van der Waals surface area contributed by atoms with E-state index in [0.29, 0.717) is 31.0 Å². The highest BCUT2D eigenvalue weighted by Gasteiger charge is 2.56. The maximum absolute atomic E-state index is 10.8. The van der Waals surface area contributed by atoms with Crippen LogP contribution in [-0.2, 0) is 21.6 Å². The van der Waals surface area contributed by atoms with E-state index in [1.54, 1.807) is 19.2 Å². The van der Waals surface area contributed by atoms with Gasteiger partial charge in [0.05, 0.1) is 5.41 Å². The van der Waals surface area contributed by atoms with Gasteiger partial charge in [0.25, 0.3) is 0 Å². The summed E-state index contributed by atoms with van der Waals surface area (Å²) < 4.78 is 10.4. The first kappa shape index (κ1) is 11.2. The molecule has 88 valence electrons. The van der Waals surface area contributed by atoms with E-state index in [-0.39, 0.29) is 0 Å². The third kappa shape index (κ3) is 1.72. The molecule has 1 aliphatic rings. The van der Waals surface area contributed by atoms with Gasteiger partial charge in [0, 0.05) is 7.11 Å². The number of carboxylic acid groups (broad SMARTS) is 1. The number of aliphatic carboxylic acids is 1. The van der Waals surface area contributed by atoms with Gasteiger partial charge in [-0.25, -0.2) is 4.79 Å². The molecule has 0 radical (unpaired) electrons. The minimum atomic E-state index is -1.39. The number of carboxylic acids is 1. The second-order valence-corrected chi connectivity index (χ2v) is 4.10. The molecule has 1 atom stereocenters. The number of aliphatic hydroxyl groups excluding tert-OH is 1. The Morgan fingerprint density at radius 2 is 2.31 bits per heavy atom. The number of aliphatic hydroxyl groups is 1. The normalized spacial score (nSPS) is 19.4. The monoisotopic (exact) mass is 226 g/mol. The van der Waals surface area contributed by atoms with Crippen LogP contribution in [0.25, 0.3) is 0 Å². The quantitative estimate of drug-likeness (QED) is 0.779. The van der Waals surface area contributed by atoms with Crippen molar-refractivity contribution in [2.24, 2.45) is 0 Å². The predicted octanol–water partition coefficient (Wildman–Crippen LogP) is 0.903. The lowest BCUT2D eigenvalue weighted by Crippen LogP contribution is -2.33. The first-order valence-corrected chi connectivity index (χ1v) is 5.09. The molecule has 2 rings (SSSR count). The molecule has 2 N–H and O–H groups in total. The van der Waals surface area contributed by atoms with Crippen molar-refractivity contribution in [1.29, 1.82) is 0 Å². The van der Waals surface area contributed by atoms with Gasteiger partial charge in [-0.3, -0.25) is 0 Å². The van der Waals surface area contributed by atoms with Crippen LogP contribution in [0.5, 0.6) is 0 Å². The number of carbonyl (C=O) groups is 1. The number of hydrogen-bond donors (Lipinski definition) is 2. The third-order valence-corrected chi connectivity index (χ3v) is 2.98. The zero-order chi connectivity index (χ0) is 11.8. The van der Waals surface area contributed by atoms with Crippen molar-refractivity contribution in [3.05, 3.63) is 23.7 Å². The maximum Gasteiger partial charge on any atom is 0.333 e. The molecule has 1 heterocycles. The molecule has 1 aromatic rings. The van der Waals surface area contributed by atoms with Gasteiger partial charge in [0.15, 0.2) is 6.10 Å². The standard InChI is InChI=1S/C11H14O5/c1-15-6-7-2-3-8(16-7)11(4-5-11)9(12)10(13)14/h2-3,9,12H,4-6H2,1H3,(H,13,14). The molecular weight excluding hydrogens is 212 g/mol. The summed E-state index contributed by atoms with van der Waals surface area (Å²) in [5.74, 6) is -0.0296. The molecular formula is C11H14O5. The van der Waals surface area contributed by atoms with Gasteiger partial charge in [-0.2, -0.15) is 0 Å². The van der Waals surface area contributed by atoms with Crippen molar-refractivity contribution in [2.75, 3.05) is 7.11 Å². The molecule has 5 nitrogen and oxygen atoms in total. The third-order valence-electron chi connectivity index (χ3n) is 2.98. The Morgan fingerprint density at radius 3 is 2.81 bits per heavy atom. The van der Waals surface area contributed by atoms with E-state index in [0.717, 1.165) is 0 Å². The maximum atomic E-state index is 10.8. The van der Waals surface area contributed by atoms with Crippen LogP contribution in [0, 0.1) is 0 Å². The second kappa shape index (κ2) is 3.92. The minimum absolute atomic E-state index is 0.346. The summed E-state index contributed by atoms with van der Waals surface area (Å²) in [6, 6.07) is 3.46. The van der Waals surface area contributed by atoms with Crippen LogP contribution in [0.2, 0.25) is 0 Å². The predicted molar refractivity (Wildman–Crippen MR) is 54.0 cm³/mol. The Morgan fingerprint density at radius 1 is 1.62 bits per heavy atom. The molecule has 1 saturated carbocycles. The van der Waals surface area contributed by atoms with Crippen molar-refractivity contribution in [2.45, 2.75) is 31.0 Å². The van der Waals surface area contributed by atoms with E-state index >= 15 is 0 Å². The molecule has 0 spiro atoms. The van der Waals surface area contributed by atoms with E-state index < -0.39 is 17.5 Å². The van der Waals surface area contributed by atoms with Gasteiger partial charge < -0.3 is 19.4 Å². The number of ether oxygens (including phenoxy) is 1. The Hall–Kier alpha value is -1.33. The summed E-state index contributed by atoms with van der Waals surface area (Å²) in [6.07, 6.45) is -0.116. The number of methoxy groups -OCH3 is 1. The van der Waals surface area contributed by atoms with Crippen LogP contribution < -0.4 is 0 Å². The summed E-state index contributed by atoms with van der Waals surface area (Å²) in [5.41, 5.74) is -0.724. The number of furan rings is 1. The van der Waals surface area contributed by atoms with Crippen LogP contribution in [0.3, 0.4) is 0 Å². The van der Waals surface area contributed by atoms with Gasteiger partial charge >= 0.3 is 5.97 Å². The average molecular weight is 226 g/mol. The lowest BCUT2D eigenvalue weighted by Gasteiger charge is -2.15. The van der Waals surface area contributed by atoms with Crippen LogP contribution in [0.1, 0.15) is 24.4 Å². The molecule has 5 heteroatoms. The van der Waals surface area contributed by atoms with Crippen LogP contribution in [0.15, 0.2) is 16.5 Å². The van der Waals surface area contributed by atoms with Gasteiger partial charge in [0.1, 0.15) is 18.1 Å². The lowest BCUT2D eigenvalue weighted by atomic mass is 9.96. The van der Waals surface area contributed by atoms with Crippen molar-refractivity contribution in [1.82, 2.24) is 0 Å². The number of hydrogen-bond acceptors (Lipinski definition) is 4. The van der Waals surface area contributed by atoms with Gasteiger partial charge in [-0.15, -0.1) is 0 Å². The summed E-state index contributed by atoms with van der Waals surface area (Å²) >= 11 is 0. The SMILES string of the molecule is COCc1ccc(C2(C(O)C(=O)O)CC2)o1. The highest BCUT2D eigenvalue weighted by molar-refractivity contribution is 5.75. The minimum Gasteiger partial charge on any atom is -0.479 e.